The van der Waals surface area contributed by atoms with E-state index in [0.717, 1.165) is 42.8 Å². The second kappa shape index (κ2) is 6.11. The number of carbonyl (C=O) groups is 2. The largest absolute Gasteiger partial charge is 0.480 e. The van der Waals surface area contributed by atoms with Gasteiger partial charge < -0.3 is 10.4 Å². The first-order valence-corrected chi connectivity index (χ1v) is 8.33. The lowest BCUT2D eigenvalue weighted by molar-refractivity contribution is -0.135. The van der Waals surface area contributed by atoms with E-state index >= 15 is 0 Å². The van der Waals surface area contributed by atoms with Gasteiger partial charge in [0.15, 0.2) is 0 Å². The first kappa shape index (κ1) is 15.7. The quantitative estimate of drug-likeness (QED) is 0.880. The number of carbonyl (C=O) groups excluding carboxylic acids is 1. The predicted octanol–water partition coefficient (Wildman–Crippen LogP) is 1.31. The van der Waals surface area contributed by atoms with Crippen molar-refractivity contribution in [3.8, 4) is 0 Å². The molecular formula is C15H17N3O4S. The summed E-state index contributed by atoms with van der Waals surface area (Å²) < 4.78 is 1.72. The number of hydrogen-bond donors (Lipinski definition) is 2. The van der Waals surface area contributed by atoms with Crippen LogP contribution in [0.3, 0.4) is 0 Å². The number of aryl methyl sites for hydroxylation is 2. The third kappa shape index (κ3) is 2.86. The number of thiophene rings is 1. The number of aromatic nitrogens is 2. The Morgan fingerprint density at radius 1 is 1.35 bits per heavy atom. The molecule has 1 amide bonds. The van der Waals surface area contributed by atoms with Gasteiger partial charge in [-0.1, -0.05) is 6.42 Å². The lowest BCUT2D eigenvalue weighted by Gasteiger charge is -2.08. The van der Waals surface area contributed by atoms with Crippen molar-refractivity contribution in [2.45, 2.75) is 39.2 Å². The average molecular weight is 335 g/mol. The van der Waals surface area contributed by atoms with Crippen molar-refractivity contribution < 1.29 is 14.7 Å². The summed E-state index contributed by atoms with van der Waals surface area (Å²) in [6.07, 6.45) is 3.81. The Hall–Kier alpha value is -2.22. The van der Waals surface area contributed by atoms with Gasteiger partial charge in [-0.05, 0) is 25.3 Å². The maximum absolute atomic E-state index is 12.8. The van der Waals surface area contributed by atoms with Gasteiger partial charge in [-0.3, -0.25) is 19.0 Å². The molecule has 2 aromatic heterocycles. The molecule has 122 valence electrons. The van der Waals surface area contributed by atoms with Crippen molar-refractivity contribution in [2.24, 2.45) is 0 Å². The number of rotatable bonds is 3. The highest BCUT2D eigenvalue weighted by Gasteiger charge is 2.22. The zero-order valence-electron chi connectivity index (χ0n) is 12.7. The lowest BCUT2D eigenvalue weighted by Crippen LogP contribution is -2.29. The number of carboxylic acids is 1. The van der Waals surface area contributed by atoms with E-state index in [4.69, 9.17) is 5.11 Å². The monoisotopic (exact) mass is 335 g/mol. The summed E-state index contributed by atoms with van der Waals surface area (Å²) in [5, 5.41) is 11.5. The molecule has 1 aliphatic rings. The molecule has 3 heterocycles. The Bertz CT molecular complexity index is 853. The molecule has 0 aromatic carbocycles. The molecule has 0 saturated heterocycles. The van der Waals surface area contributed by atoms with Crippen molar-refractivity contribution in [1.29, 1.82) is 0 Å². The second-order valence-corrected chi connectivity index (χ2v) is 6.61. The Kier molecular flexibility index (Phi) is 4.16. The molecule has 0 fully saturated rings. The number of hydrogen-bond acceptors (Lipinski definition) is 5. The molecule has 1 aliphatic heterocycles. The van der Waals surface area contributed by atoms with Gasteiger partial charge in [0.05, 0.1) is 10.3 Å². The van der Waals surface area contributed by atoms with Crippen LogP contribution in [0.25, 0.3) is 10.2 Å². The van der Waals surface area contributed by atoms with E-state index in [0.29, 0.717) is 27.2 Å². The van der Waals surface area contributed by atoms with E-state index in [2.05, 4.69) is 10.3 Å². The minimum absolute atomic E-state index is 0.0991. The summed E-state index contributed by atoms with van der Waals surface area (Å²) >= 11 is 1.15. The zero-order chi connectivity index (χ0) is 16.6. The van der Waals surface area contributed by atoms with Crippen molar-refractivity contribution in [3.63, 3.8) is 0 Å². The summed E-state index contributed by atoms with van der Waals surface area (Å²) in [5.74, 6) is -0.812. The van der Waals surface area contributed by atoms with E-state index in [1.54, 1.807) is 11.5 Å². The molecule has 0 atom stereocenters. The lowest BCUT2D eigenvalue weighted by atomic mass is 10.2. The SMILES string of the molecule is Cc1c(C(=O)NCC(=O)O)sc2nc3n(c(=O)c12)CCCCC3. The minimum Gasteiger partial charge on any atom is -0.480 e. The Labute approximate surface area is 136 Å². The molecular weight excluding hydrogens is 318 g/mol. The summed E-state index contributed by atoms with van der Waals surface area (Å²) in [7, 11) is 0. The highest BCUT2D eigenvalue weighted by molar-refractivity contribution is 7.20. The molecule has 2 N–H and O–H groups in total. The van der Waals surface area contributed by atoms with Gasteiger partial charge in [-0.15, -0.1) is 11.3 Å². The van der Waals surface area contributed by atoms with Crippen LogP contribution in [0.1, 0.15) is 40.3 Å². The fourth-order valence-corrected chi connectivity index (χ4v) is 3.97. The van der Waals surface area contributed by atoms with Gasteiger partial charge in [-0.25, -0.2) is 4.98 Å². The van der Waals surface area contributed by atoms with Crippen molar-refractivity contribution in [3.05, 3.63) is 26.6 Å². The number of carboxylic acid groups (broad SMARTS) is 1. The molecule has 0 bridgehead atoms. The van der Waals surface area contributed by atoms with E-state index in [-0.39, 0.29) is 5.56 Å². The smallest absolute Gasteiger partial charge is 0.322 e. The highest BCUT2D eigenvalue weighted by Crippen LogP contribution is 2.28. The van der Waals surface area contributed by atoms with Crippen molar-refractivity contribution in [2.75, 3.05) is 6.54 Å². The molecule has 7 nitrogen and oxygen atoms in total. The summed E-state index contributed by atoms with van der Waals surface area (Å²) in [6.45, 7) is 1.92. The number of nitrogens with one attached hydrogen (secondary N) is 1. The minimum atomic E-state index is -1.11. The van der Waals surface area contributed by atoms with Crippen LogP contribution in [-0.4, -0.2) is 33.1 Å². The molecule has 8 heteroatoms. The maximum Gasteiger partial charge on any atom is 0.322 e. The topological polar surface area (TPSA) is 101 Å². The van der Waals surface area contributed by atoms with Gasteiger partial charge >= 0.3 is 5.97 Å². The molecule has 0 spiro atoms. The fourth-order valence-electron chi connectivity index (χ4n) is 2.86. The van der Waals surface area contributed by atoms with Crippen LogP contribution in [0.2, 0.25) is 0 Å². The van der Waals surface area contributed by atoms with E-state index in [1.807, 2.05) is 0 Å². The highest BCUT2D eigenvalue weighted by atomic mass is 32.1. The Morgan fingerprint density at radius 3 is 2.87 bits per heavy atom. The third-order valence-electron chi connectivity index (χ3n) is 4.02. The third-order valence-corrected chi connectivity index (χ3v) is 5.20. The molecule has 3 rings (SSSR count). The van der Waals surface area contributed by atoms with Crippen LogP contribution in [0.15, 0.2) is 4.79 Å². The van der Waals surface area contributed by atoms with Gasteiger partial charge in [0.25, 0.3) is 11.5 Å². The van der Waals surface area contributed by atoms with E-state index < -0.39 is 18.4 Å². The van der Waals surface area contributed by atoms with Crippen LogP contribution in [0.5, 0.6) is 0 Å². The van der Waals surface area contributed by atoms with Crippen LogP contribution in [-0.2, 0) is 17.8 Å². The first-order chi connectivity index (χ1) is 11.0. The van der Waals surface area contributed by atoms with Crippen LogP contribution >= 0.6 is 11.3 Å². The van der Waals surface area contributed by atoms with Gasteiger partial charge in [0.1, 0.15) is 17.2 Å². The molecule has 2 aromatic rings. The van der Waals surface area contributed by atoms with Crippen molar-refractivity contribution >= 4 is 33.4 Å². The van der Waals surface area contributed by atoms with E-state index in [1.165, 1.54) is 0 Å². The van der Waals surface area contributed by atoms with Crippen LogP contribution in [0, 0.1) is 6.92 Å². The summed E-state index contributed by atoms with van der Waals surface area (Å²) in [6, 6.07) is 0. The number of nitrogens with zero attached hydrogens (tertiary/aromatic N) is 2. The number of aliphatic carboxylic acids is 1. The second-order valence-electron chi connectivity index (χ2n) is 5.61. The zero-order valence-corrected chi connectivity index (χ0v) is 13.5. The summed E-state index contributed by atoms with van der Waals surface area (Å²) in [5.41, 5.74) is 0.475. The maximum atomic E-state index is 12.8. The molecule has 23 heavy (non-hydrogen) atoms. The fraction of sp³-hybridized carbons (Fsp3) is 0.467. The molecule has 0 unspecified atom stereocenters. The van der Waals surface area contributed by atoms with Crippen molar-refractivity contribution in [1.82, 2.24) is 14.9 Å². The standard InChI is InChI=1S/C15H17N3O4S/c1-8-11-14(23-12(8)13(21)16-7-10(19)20)17-9-5-3-2-4-6-18(9)15(11)22/h2-7H2,1H3,(H,16,21)(H,19,20). The first-order valence-electron chi connectivity index (χ1n) is 7.52. The Balaban J connectivity index is 2.08. The number of fused-ring (bicyclic) bond motifs is 2. The van der Waals surface area contributed by atoms with Crippen LogP contribution < -0.4 is 10.9 Å². The van der Waals surface area contributed by atoms with Gasteiger partial charge in [0.2, 0.25) is 0 Å². The van der Waals surface area contributed by atoms with Gasteiger partial charge in [-0.2, -0.15) is 0 Å². The molecule has 0 radical (unpaired) electrons. The predicted molar refractivity (Wildman–Crippen MR) is 86.1 cm³/mol. The molecule has 0 aliphatic carbocycles. The van der Waals surface area contributed by atoms with Gasteiger partial charge in [0, 0.05) is 13.0 Å². The average Bonchev–Trinajstić information content (AvgIpc) is 2.69. The van der Waals surface area contributed by atoms with E-state index in [9.17, 15) is 14.4 Å². The molecule has 0 saturated carbocycles. The normalized spacial score (nSPS) is 14.3. The van der Waals surface area contributed by atoms with Crippen LogP contribution in [0.4, 0.5) is 0 Å². The summed E-state index contributed by atoms with van der Waals surface area (Å²) in [4.78, 5) is 40.9. The Morgan fingerprint density at radius 2 is 2.13 bits per heavy atom. The number of amides is 1.